The van der Waals surface area contributed by atoms with E-state index in [0.717, 1.165) is 38.5 Å². The predicted octanol–water partition coefficient (Wildman–Crippen LogP) is 15.1. The van der Waals surface area contributed by atoms with Crippen LogP contribution in [-0.2, 0) is 4.79 Å². The van der Waals surface area contributed by atoms with Gasteiger partial charge in [-0.3, -0.25) is 4.79 Å². The Hall–Kier alpha value is -1.21. The molecule has 6 heteroatoms. The van der Waals surface area contributed by atoms with Gasteiger partial charge in [0, 0.05) is 0 Å². The monoisotopic (exact) mass is 848 g/mol. The van der Waals surface area contributed by atoms with Crippen LogP contribution in [0.2, 0.25) is 0 Å². The molecule has 4 atom stereocenters. The summed E-state index contributed by atoms with van der Waals surface area (Å²) >= 11 is 0. The molecule has 0 rings (SSSR count). The van der Waals surface area contributed by atoms with Gasteiger partial charge in [0.25, 0.3) is 0 Å². The molecule has 0 aromatic carbocycles. The third kappa shape index (κ3) is 42.1. The zero-order valence-corrected chi connectivity index (χ0v) is 40.2. The van der Waals surface area contributed by atoms with Crippen LogP contribution in [0, 0.1) is 0 Å². The number of hydrogen-bond acceptors (Lipinski definition) is 5. The summed E-state index contributed by atoms with van der Waals surface area (Å²) in [6.07, 6.45) is 58.1. The third-order valence-corrected chi connectivity index (χ3v) is 12.6. The molecule has 0 aliphatic heterocycles. The van der Waals surface area contributed by atoms with Gasteiger partial charge in [-0.25, -0.2) is 0 Å². The van der Waals surface area contributed by atoms with E-state index in [2.05, 4.69) is 43.5 Å². The molecule has 0 heterocycles. The van der Waals surface area contributed by atoms with Crippen molar-refractivity contribution in [3.8, 4) is 0 Å². The van der Waals surface area contributed by atoms with Crippen molar-refractivity contribution in [1.29, 1.82) is 0 Å². The topological polar surface area (TPSA) is 110 Å². The van der Waals surface area contributed by atoms with Gasteiger partial charge in [0.1, 0.15) is 12.2 Å². The van der Waals surface area contributed by atoms with Gasteiger partial charge in [0.15, 0.2) is 0 Å². The Bertz CT molecular complexity index is 909. The fourth-order valence-corrected chi connectivity index (χ4v) is 8.42. The van der Waals surface area contributed by atoms with E-state index >= 15 is 0 Å². The molecule has 0 aromatic heterocycles. The first-order chi connectivity index (χ1) is 29.5. The molecule has 0 radical (unpaired) electrons. The zero-order valence-electron chi connectivity index (χ0n) is 40.2. The summed E-state index contributed by atoms with van der Waals surface area (Å²) in [5.74, 6) is -0.593. The molecule has 4 unspecified atom stereocenters. The minimum atomic E-state index is -1.29. The molecule has 1 amide bonds. The van der Waals surface area contributed by atoms with E-state index in [4.69, 9.17) is 0 Å². The maximum atomic E-state index is 12.6. The Kier molecular flexibility index (Phi) is 47.8. The van der Waals surface area contributed by atoms with Crippen LogP contribution >= 0.6 is 0 Å². The highest BCUT2D eigenvalue weighted by Gasteiger charge is 2.28. The van der Waals surface area contributed by atoms with Gasteiger partial charge in [0.05, 0.1) is 18.8 Å². The van der Waals surface area contributed by atoms with Crippen molar-refractivity contribution >= 4 is 5.91 Å². The van der Waals surface area contributed by atoms with Gasteiger partial charge >= 0.3 is 0 Å². The van der Waals surface area contributed by atoms with E-state index in [1.165, 1.54) is 212 Å². The van der Waals surface area contributed by atoms with Gasteiger partial charge in [0.2, 0.25) is 5.91 Å². The van der Waals surface area contributed by atoms with Crippen LogP contribution < -0.4 is 5.32 Å². The molecular formula is C54H105NO5. The zero-order chi connectivity index (χ0) is 43.8. The summed E-state index contributed by atoms with van der Waals surface area (Å²) in [5.41, 5.74) is 0. The second kappa shape index (κ2) is 48.8. The number of unbranched alkanes of at least 4 members (excludes halogenated alkanes) is 36. The number of carbonyl (C=O) groups is 1. The van der Waals surface area contributed by atoms with Crippen molar-refractivity contribution in [2.45, 2.75) is 308 Å². The molecule has 0 saturated heterocycles. The molecule has 0 saturated carbocycles. The van der Waals surface area contributed by atoms with Crippen molar-refractivity contribution in [1.82, 2.24) is 5.32 Å². The van der Waals surface area contributed by atoms with E-state index in [0.29, 0.717) is 19.3 Å². The minimum absolute atomic E-state index is 0.364. The number of aliphatic hydroxyl groups is 4. The summed E-state index contributed by atoms with van der Waals surface area (Å²) in [7, 11) is 0. The number of aliphatic hydroxyl groups excluding tert-OH is 4. The van der Waals surface area contributed by atoms with Gasteiger partial charge in [-0.1, -0.05) is 256 Å². The highest BCUT2D eigenvalue weighted by Crippen LogP contribution is 2.17. The molecule has 0 aliphatic rings. The lowest BCUT2D eigenvalue weighted by Gasteiger charge is -2.27. The van der Waals surface area contributed by atoms with Crippen molar-refractivity contribution in [3.63, 3.8) is 0 Å². The molecule has 0 aliphatic carbocycles. The van der Waals surface area contributed by atoms with Gasteiger partial charge in [-0.15, -0.1) is 0 Å². The second-order valence-corrected chi connectivity index (χ2v) is 18.6. The maximum absolute atomic E-state index is 12.6. The Morgan fingerprint density at radius 1 is 0.400 bits per heavy atom. The van der Waals surface area contributed by atoms with Crippen LogP contribution in [-0.4, -0.2) is 57.3 Å². The van der Waals surface area contributed by atoms with Crippen LogP contribution in [0.5, 0.6) is 0 Å². The highest BCUT2D eigenvalue weighted by molar-refractivity contribution is 5.80. The third-order valence-electron chi connectivity index (χ3n) is 12.6. The molecule has 0 spiro atoms. The van der Waals surface area contributed by atoms with Crippen LogP contribution in [0.15, 0.2) is 24.3 Å². The lowest BCUT2D eigenvalue weighted by atomic mass is 10.00. The number of amides is 1. The Morgan fingerprint density at radius 2 is 0.700 bits per heavy atom. The first kappa shape index (κ1) is 58.8. The largest absolute Gasteiger partial charge is 0.394 e. The number of allylic oxidation sites excluding steroid dienone is 4. The summed E-state index contributed by atoms with van der Waals surface area (Å²) in [4.78, 5) is 12.6. The van der Waals surface area contributed by atoms with Crippen molar-refractivity contribution in [3.05, 3.63) is 24.3 Å². The van der Waals surface area contributed by atoms with Crippen LogP contribution in [0.25, 0.3) is 0 Å². The van der Waals surface area contributed by atoms with Gasteiger partial charge in [-0.05, 0) is 51.4 Å². The normalized spacial score (nSPS) is 14.0. The predicted molar refractivity (Wildman–Crippen MR) is 261 cm³/mol. The molecule has 0 fully saturated rings. The average Bonchev–Trinajstić information content (AvgIpc) is 3.25. The average molecular weight is 848 g/mol. The lowest BCUT2D eigenvalue weighted by molar-refractivity contribution is -0.132. The molecule has 0 bridgehead atoms. The highest BCUT2D eigenvalue weighted by atomic mass is 16.3. The van der Waals surface area contributed by atoms with Gasteiger partial charge < -0.3 is 25.7 Å². The van der Waals surface area contributed by atoms with E-state index in [1.807, 2.05) is 0 Å². The van der Waals surface area contributed by atoms with Crippen LogP contribution in [0.4, 0.5) is 0 Å². The summed E-state index contributed by atoms with van der Waals surface area (Å²) < 4.78 is 0. The van der Waals surface area contributed by atoms with E-state index < -0.39 is 36.9 Å². The lowest BCUT2D eigenvalue weighted by Crippen LogP contribution is -2.53. The number of hydrogen-bond donors (Lipinski definition) is 5. The Labute approximate surface area is 374 Å². The first-order valence-electron chi connectivity index (χ1n) is 26.7. The van der Waals surface area contributed by atoms with Crippen molar-refractivity contribution in [2.75, 3.05) is 6.61 Å². The Balaban J connectivity index is 3.70. The SMILES string of the molecule is CCCCCCCCCCCCCCCC/C=C/CC/C=C/CCCC(O)C(O)C(CO)NC(=O)C(O)CCCCCCCCCCCCCCCCCCCCCCC. The van der Waals surface area contributed by atoms with Crippen LogP contribution in [0.1, 0.15) is 284 Å². The van der Waals surface area contributed by atoms with E-state index in [9.17, 15) is 25.2 Å². The van der Waals surface area contributed by atoms with Crippen molar-refractivity contribution < 1.29 is 25.2 Å². The van der Waals surface area contributed by atoms with E-state index in [-0.39, 0.29) is 0 Å². The molecule has 5 N–H and O–H groups in total. The molecular weight excluding hydrogens is 743 g/mol. The standard InChI is InChI=1S/C54H105NO5/c1-3-5-7-9-11-13-15-17-19-21-23-25-26-28-29-31-33-35-37-39-41-43-45-47-51(57)53(59)50(49-56)55-54(60)52(58)48-46-44-42-40-38-36-34-32-30-27-24-22-20-18-16-14-12-10-8-6-4-2/h31,33,39,41,50-53,56-59H,3-30,32,34-38,40,42-49H2,1-2H3,(H,55,60)/b33-31+,41-39+. The molecule has 60 heavy (non-hydrogen) atoms. The number of nitrogens with one attached hydrogen (secondary N) is 1. The van der Waals surface area contributed by atoms with Crippen LogP contribution in [0.3, 0.4) is 0 Å². The summed E-state index contributed by atoms with van der Waals surface area (Å²) in [6.45, 7) is 4.07. The quantitative estimate of drug-likeness (QED) is 0.0309. The second-order valence-electron chi connectivity index (χ2n) is 18.6. The fourth-order valence-electron chi connectivity index (χ4n) is 8.42. The number of rotatable bonds is 49. The maximum Gasteiger partial charge on any atom is 0.249 e. The summed E-state index contributed by atoms with van der Waals surface area (Å²) in [6, 6.07) is -1.01. The first-order valence-corrected chi connectivity index (χ1v) is 26.7. The molecule has 356 valence electrons. The molecule has 0 aromatic rings. The minimum Gasteiger partial charge on any atom is -0.394 e. The van der Waals surface area contributed by atoms with Crippen molar-refractivity contribution in [2.24, 2.45) is 0 Å². The van der Waals surface area contributed by atoms with Gasteiger partial charge in [-0.2, -0.15) is 0 Å². The smallest absolute Gasteiger partial charge is 0.249 e. The molecule has 6 nitrogen and oxygen atoms in total. The fraction of sp³-hybridized carbons (Fsp3) is 0.907. The van der Waals surface area contributed by atoms with E-state index in [1.54, 1.807) is 0 Å². The summed E-state index contributed by atoms with van der Waals surface area (Å²) in [5, 5.41) is 43.9. The Morgan fingerprint density at radius 3 is 1.05 bits per heavy atom. The number of carbonyl (C=O) groups excluding carboxylic acids is 1.